The molecule has 0 aliphatic heterocycles. The second-order valence-electron chi connectivity index (χ2n) is 4.87. The van der Waals surface area contributed by atoms with Crippen LogP contribution in [-0.4, -0.2) is 35.0 Å². The molecule has 0 fully saturated rings. The van der Waals surface area contributed by atoms with Crippen molar-refractivity contribution in [2.75, 3.05) is 0 Å². The summed E-state index contributed by atoms with van der Waals surface area (Å²) in [4.78, 5) is 34.6. The minimum Gasteiger partial charge on any atom is -0.480 e. The number of carboxylic acids is 1. The van der Waals surface area contributed by atoms with Crippen LogP contribution in [0.15, 0.2) is 43.0 Å². The largest absolute Gasteiger partial charge is 0.480 e. The van der Waals surface area contributed by atoms with E-state index in [4.69, 9.17) is 5.11 Å². The molecule has 0 bridgehead atoms. The van der Waals surface area contributed by atoms with Crippen LogP contribution in [0.4, 0.5) is 0 Å². The van der Waals surface area contributed by atoms with Crippen LogP contribution in [0, 0.1) is 0 Å². The molecule has 118 valence electrons. The van der Waals surface area contributed by atoms with Crippen molar-refractivity contribution in [2.24, 2.45) is 0 Å². The highest BCUT2D eigenvalue weighted by Crippen LogP contribution is 2.05. The molecule has 0 saturated carbocycles. The van der Waals surface area contributed by atoms with Gasteiger partial charge in [-0.1, -0.05) is 36.4 Å². The van der Waals surface area contributed by atoms with E-state index < -0.39 is 24.0 Å². The molecule has 6 heteroatoms. The van der Waals surface area contributed by atoms with E-state index in [9.17, 15) is 14.4 Å². The molecule has 0 saturated heterocycles. The van der Waals surface area contributed by atoms with Crippen LogP contribution >= 0.6 is 0 Å². The Bertz CT molecular complexity index is 542. The van der Waals surface area contributed by atoms with Crippen LogP contribution in [-0.2, 0) is 20.8 Å². The predicted octanol–water partition coefficient (Wildman–Crippen LogP) is 0.879. The molecule has 0 aliphatic rings. The van der Waals surface area contributed by atoms with E-state index in [2.05, 4.69) is 17.2 Å². The first-order valence-corrected chi connectivity index (χ1v) is 6.89. The standard InChI is InChI=1S/C16H20N2O4/c1-3-7-13(16(21)22)18-15(20)14(17-11(2)19)10-12-8-5-4-6-9-12/h3-6,8-9,13-14H,1,7,10H2,2H3,(H,17,19)(H,18,20)(H,21,22)/t13-,14-/m1/s1. The average Bonchev–Trinajstić information content (AvgIpc) is 2.46. The summed E-state index contributed by atoms with van der Waals surface area (Å²) in [6.07, 6.45) is 1.82. The van der Waals surface area contributed by atoms with Crippen molar-refractivity contribution in [1.82, 2.24) is 10.6 Å². The second-order valence-corrected chi connectivity index (χ2v) is 4.87. The zero-order chi connectivity index (χ0) is 16.5. The van der Waals surface area contributed by atoms with Gasteiger partial charge in [-0.3, -0.25) is 9.59 Å². The third kappa shape index (κ3) is 5.78. The number of carbonyl (C=O) groups is 3. The highest BCUT2D eigenvalue weighted by Gasteiger charge is 2.25. The van der Waals surface area contributed by atoms with Gasteiger partial charge in [-0.05, 0) is 12.0 Å². The van der Waals surface area contributed by atoms with E-state index in [0.29, 0.717) is 0 Å². The number of amides is 2. The van der Waals surface area contributed by atoms with Gasteiger partial charge in [0.1, 0.15) is 12.1 Å². The zero-order valence-electron chi connectivity index (χ0n) is 12.4. The topological polar surface area (TPSA) is 95.5 Å². The maximum Gasteiger partial charge on any atom is 0.326 e. The SMILES string of the molecule is C=CC[C@@H](NC(=O)[C@@H](Cc1ccccc1)NC(C)=O)C(=O)O. The van der Waals surface area contributed by atoms with Crippen LogP contribution in [0.2, 0.25) is 0 Å². The Kier molecular flexibility index (Phi) is 6.82. The summed E-state index contributed by atoms with van der Waals surface area (Å²) in [7, 11) is 0. The third-order valence-corrected chi connectivity index (χ3v) is 2.99. The fourth-order valence-electron chi connectivity index (χ4n) is 1.96. The number of rotatable bonds is 8. The summed E-state index contributed by atoms with van der Waals surface area (Å²) in [5.74, 6) is -2.03. The lowest BCUT2D eigenvalue weighted by atomic mass is 10.0. The van der Waals surface area contributed by atoms with Gasteiger partial charge in [0, 0.05) is 13.3 Å². The summed E-state index contributed by atoms with van der Waals surface area (Å²) in [5.41, 5.74) is 0.868. The van der Waals surface area contributed by atoms with E-state index in [-0.39, 0.29) is 18.7 Å². The lowest BCUT2D eigenvalue weighted by Crippen LogP contribution is -2.52. The van der Waals surface area contributed by atoms with Gasteiger partial charge in [0.05, 0.1) is 0 Å². The van der Waals surface area contributed by atoms with E-state index >= 15 is 0 Å². The normalized spacial score (nSPS) is 12.8. The average molecular weight is 304 g/mol. The molecule has 3 N–H and O–H groups in total. The van der Waals surface area contributed by atoms with Gasteiger partial charge in [0.2, 0.25) is 11.8 Å². The molecule has 0 aromatic heterocycles. The highest BCUT2D eigenvalue weighted by atomic mass is 16.4. The maximum atomic E-state index is 12.2. The van der Waals surface area contributed by atoms with Gasteiger partial charge in [0.15, 0.2) is 0 Å². The van der Waals surface area contributed by atoms with Crippen molar-refractivity contribution in [3.63, 3.8) is 0 Å². The van der Waals surface area contributed by atoms with Crippen molar-refractivity contribution in [2.45, 2.75) is 31.8 Å². The lowest BCUT2D eigenvalue weighted by molar-refractivity contribution is -0.142. The summed E-state index contributed by atoms with van der Waals surface area (Å²) in [5, 5.41) is 14.0. The number of nitrogens with one attached hydrogen (secondary N) is 2. The van der Waals surface area contributed by atoms with E-state index in [0.717, 1.165) is 5.56 Å². The van der Waals surface area contributed by atoms with Gasteiger partial charge < -0.3 is 15.7 Å². The molecule has 1 rings (SSSR count). The van der Waals surface area contributed by atoms with Crippen molar-refractivity contribution in [1.29, 1.82) is 0 Å². The smallest absolute Gasteiger partial charge is 0.326 e. The van der Waals surface area contributed by atoms with E-state index in [1.807, 2.05) is 30.3 Å². The Morgan fingerprint density at radius 3 is 2.32 bits per heavy atom. The fraction of sp³-hybridized carbons (Fsp3) is 0.312. The zero-order valence-corrected chi connectivity index (χ0v) is 12.4. The Labute approximate surface area is 129 Å². The minimum atomic E-state index is -1.14. The Balaban J connectivity index is 2.81. The first kappa shape index (κ1) is 17.4. The molecular formula is C16H20N2O4. The minimum absolute atomic E-state index is 0.110. The van der Waals surface area contributed by atoms with Crippen LogP contribution in [0.5, 0.6) is 0 Å². The Morgan fingerprint density at radius 1 is 1.18 bits per heavy atom. The molecule has 1 aromatic carbocycles. The molecule has 1 aromatic rings. The number of benzene rings is 1. The molecular weight excluding hydrogens is 284 g/mol. The van der Waals surface area contributed by atoms with Gasteiger partial charge in [-0.2, -0.15) is 0 Å². The molecule has 22 heavy (non-hydrogen) atoms. The number of hydrogen-bond donors (Lipinski definition) is 3. The number of carbonyl (C=O) groups excluding carboxylic acids is 2. The Hall–Kier alpha value is -2.63. The van der Waals surface area contributed by atoms with E-state index in [1.54, 1.807) is 0 Å². The van der Waals surface area contributed by atoms with Crippen LogP contribution < -0.4 is 10.6 Å². The number of hydrogen-bond acceptors (Lipinski definition) is 3. The molecule has 0 aliphatic carbocycles. The Morgan fingerprint density at radius 2 is 1.82 bits per heavy atom. The summed E-state index contributed by atoms with van der Waals surface area (Å²) in [6.45, 7) is 4.78. The molecule has 2 amide bonds. The quantitative estimate of drug-likeness (QED) is 0.621. The van der Waals surface area contributed by atoms with Crippen LogP contribution in [0.1, 0.15) is 18.9 Å². The van der Waals surface area contributed by atoms with Crippen molar-refractivity contribution < 1.29 is 19.5 Å². The second kappa shape index (κ2) is 8.61. The van der Waals surface area contributed by atoms with Gasteiger partial charge in [-0.25, -0.2) is 4.79 Å². The van der Waals surface area contributed by atoms with Gasteiger partial charge >= 0.3 is 5.97 Å². The fourth-order valence-corrected chi connectivity index (χ4v) is 1.96. The third-order valence-electron chi connectivity index (χ3n) is 2.99. The number of carboxylic acid groups (broad SMARTS) is 1. The summed E-state index contributed by atoms with van der Waals surface area (Å²) in [6, 6.07) is 7.29. The van der Waals surface area contributed by atoms with Gasteiger partial charge in [-0.15, -0.1) is 6.58 Å². The maximum absolute atomic E-state index is 12.2. The highest BCUT2D eigenvalue weighted by molar-refractivity contribution is 5.90. The monoisotopic (exact) mass is 304 g/mol. The van der Waals surface area contributed by atoms with Gasteiger partial charge in [0.25, 0.3) is 0 Å². The molecule has 6 nitrogen and oxygen atoms in total. The molecule has 0 unspecified atom stereocenters. The molecule has 0 radical (unpaired) electrons. The van der Waals surface area contributed by atoms with Crippen LogP contribution in [0.25, 0.3) is 0 Å². The van der Waals surface area contributed by atoms with Crippen molar-refractivity contribution >= 4 is 17.8 Å². The molecule has 0 heterocycles. The molecule has 2 atom stereocenters. The van der Waals surface area contributed by atoms with E-state index in [1.165, 1.54) is 13.0 Å². The lowest BCUT2D eigenvalue weighted by Gasteiger charge is -2.20. The summed E-state index contributed by atoms with van der Waals surface area (Å²) < 4.78 is 0. The van der Waals surface area contributed by atoms with Crippen molar-refractivity contribution in [3.05, 3.63) is 48.6 Å². The summed E-state index contributed by atoms with van der Waals surface area (Å²) >= 11 is 0. The van der Waals surface area contributed by atoms with Crippen molar-refractivity contribution in [3.8, 4) is 0 Å². The first-order chi connectivity index (χ1) is 10.4. The molecule has 0 spiro atoms. The predicted molar refractivity (Wildman–Crippen MR) is 82.1 cm³/mol. The number of aliphatic carboxylic acids is 1. The first-order valence-electron chi connectivity index (χ1n) is 6.89. The van der Waals surface area contributed by atoms with Crippen LogP contribution in [0.3, 0.4) is 0 Å².